The van der Waals surface area contributed by atoms with Crippen molar-refractivity contribution in [3.05, 3.63) is 34.9 Å². The molecule has 18 heavy (non-hydrogen) atoms. The summed E-state index contributed by atoms with van der Waals surface area (Å²) >= 11 is 5.96. The predicted molar refractivity (Wildman–Crippen MR) is 73.9 cm³/mol. The second-order valence-electron chi connectivity index (χ2n) is 4.92. The first-order chi connectivity index (χ1) is 8.34. The number of likely N-dealkylation sites (N-methyl/N-ethyl adjacent to an activating group) is 1. The maximum atomic E-state index is 11.3. The Labute approximate surface area is 113 Å². The highest BCUT2D eigenvalue weighted by atomic mass is 35.5. The number of carboxylic acids is 1. The van der Waals surface area contributed by atoms with Crippen LogP contribution in [0, 0.1) is 5.92 Å². The van der Waals surface area contributed by atoms with Crippen molar-refractivity contribution in [2.75, 3.05) is 7.05 Å². The van der Waals surface area contributed by atoms with Crippen LogP contribution in [-0.2, 0) is 4.79 Å². The maximum absolute atomic E-state index is 11.3. The Kier molecular flexibility index (Phi) is 5.17. The molecule has 0 saturated heterocycles. The number of carbonyl (C=O) groups is 1. The van der Waals surface area contributed by atoms with Gasteiger partial charge >= 0.3 is 5.97 Å². The summed E-state index contributed by atoms with van der Waals surface area (Å²) in [5, 5.41) is 9.97. The number of benzene rings is 1. The third-order valence-corrected chi connectivity index (χ3v) is 3.50. The highest BCUT2D eigenvalue weighted by Gasteiger charge is 2.29. The van der Waals surface area contributed by atoms with Crippen molar-refractivity contribution in [3.63, 3.8) is 0 Å². The average Bonchev–Trinajstić information content (AvgIpc) is 2.26. The minimum atomic E-state index is -0.790. The Bertz CT molecular complexity index is 420. The fourth-order valence-electron chi connectivity index (χ4n) is 2.17. The van der Waals surface area contributed by atoms with Crippen LogP contribution in [0.5, 0.6) is 0 Å². The molecule has 0 bridgehead atoms. The van der Waals surface area contributed by atoms with E-state index in [2.05, 4.69) is 0 Å². The fraction of sp³-hybridized carbons (Fsp3) is 0.500. The molecule has 1 rings (SSSR count). The van der Waals surface area contributed by atoms with E-state index in [0.29, 0.717) is 5.02 Å². The van der Waals surface area contributed by atoms with Crippen molar-refractivity contribution in [2.24, 2.45) is 5.92 Å². The quantitative estimate of drug-likeness (QED) is 0.890. The molecule has 0 aliphatic heterocycles. The van der Waals surface area contributed by atoms with E-state index < -0.39 is 12.0 Å². The van der Waals surface area contributed by atoms with E-state index in [1.54, 1.807) is 0 Å². The summed E-state index contributed by atoms with van der Waals surface area (Å²) in [6.07, 6.45) is 0. The summed E-state index contributed by atoms with van der Waals surface area (Å²) in [7, 11) is 1.84. The third-order valence-electron chi connectivity index (χ3n) is 3.27. The molecule has 0 saturated carbocycles. The van der Waals surface area contributed by atoms with Crippen molar-refractivity contribution in [3.8, 4) is 0 Å². The highest BCUT2D eigenvalue weighted by Crippen LogP contribution is 2.25. The van der Waals surface area contributed by atoms with Crippen LogP contribution >= 0.6 is 11.6 Å². The second-order valence-corrected chi connectivity index (χ2v) is 5.36. The normalized spacial score (nSPS) is 14.8. The van der Waals surface area contributed by atoms with Gasteiger partial charge in [-0.05, 0) is 37.6 Å². The summed E-state index contributed by atoms with van der Waals surface area (Å²) in [6.45, 7) is 5.82. The number of halogens is 1. The molecular weight excluding hydrogens is 250 g/mol. The molecular formula is C14H20ClNO2. The zero-order valence-electron chi connectivity index (χ0n) is 11.2. The lowest BCUT2D eigenvalue weighted by atomic mass is 9.99. The van der Waals surface area contributed by atoms with Gasteiger partial charge < -0.3 is 5.11 Å². The molecule has 0 aliphatic rings. The van der Waals surface area contributed by atoms with Gasteiger partial charge in [-0.15, -0.1) is 0 Å². The first-order valence-electron chi connectivity index (χ1n) is 6.04. The Balaban J connectivity index is 2.95. The molecule has 0 aliphatic carbocycles. The minimum Gasteiger partial charge on any atom is -0.480 e. The van der Waals surface area contributed by atoms with Gasteiger partial charge in [0.05, 0.1) is 0 Å². The Hall–Kier alpha value is -1.06. The first-order valence-corrected chi connectivity index (χ1v) is 6.42. The lowest BCUT2D eigenvalue weighted by Gasteiger charge is -2.33. The van der Waals surface area contributed by atoms with Gasteiger partial charge in [-0.25, -0.2) is 0 Å². The molecule has 3 nitrogen and oxygen atoms in total. The van der Waals surface area contributed by atoms with E-state index in [9.17, 15) is 9.90 Å². The van der Waals surface area contributed by atoms with Crippen LogP contribution in [0.1, 0.15) is 32.4 Å². The molecule has 1 aromatic rings. The summed E-state index contributed by atoms with van der Waals surface area (Å²) in [4.78, 5) is 13.2. The van der Waals surface area contributed by atoms with Gasteiger partial charge in [-0.2, -0.15) is 0 Å². The number of rotatable bonds is 5. The Morgan fingerprint density at radius 1 is 1.33 bits per heavy atom. The second kappa shape index (κ2) is 6.21. The molecule has 2 atom stereocenters. The van der Waals surface area contributed by atoms with E-state index in [1.807, 2.05) is 57.0 Å². The smallest absolute Gasteiger partial charge is 0.321 e. The molecule has 100 valence electrons. The zero-order valence-corrected chi connectivity index (χ0v) is 12.0. The molecule has 4 heteroatoms. The van der Waals surface area contributed by atoms with E-state index in [0.717, 1.165) is 5.56 Å². The topological polar surface area (TPSA) is 40.5 Å². The van der Waals surface area contributed by atoms with Gasteiger partial charge in [0.25, 0.3) is 0 Å². The molecule has 0 radical (unpaired) electrons. The van der Waals surface area contributed by atoms with Crippen LogP contribution in [0.4, 0.5) is 0 Å². The van der Waals surface area contributed by atoms with Gasteiger partial charge in [-0.3, -0.25) is 9.69 Å². The molecule has 2 unspecified atom stereocenters. The van der Waals surface area contributed by atoms with Crippen molar-refractivity contribution >= 4 is 17.6 Å². The summed E-state index contributed by atoms with van der Waals surface area (Å²) < 4.78 is 0. The van der Waals surface area contributed by atoms with Gasteiger partial charge in [0.1, 0.15) is 6.04 Å². The lowest BCUT2D eigenvalue weighted by molar-refractivity contribution is -0.145. The molecule has 0 fully saturated rings. The summed E-state index contributed by atoms with van der Waals surface area (Å²) in [5.41, 5.74) is 1.02. The van der Waals surface area contributed by atoms with Crippen LogP contribution in [0.15, 0.2) is 24.3 Å². The molecule has 0 aromatic heterocycles. The summed E-state index contributed by atoms with van der Waals surface area (Å²) in [5.74, 6) is -0.740. The zero-order chi connectivity index (χ0) is 13.9. The van der Waals surface area contributed by atoms with Crippen molar-refractivity contribution in [2.45, 2.75) is 32.9 Å². The number of hydrogen-bond acceptors (Lipinski definition) is 2. The van der Waals surface area contributed by atoms with Crippen LogP contribution in [-0.4, -0.2) is 29.1 Å². The fourth-order valence-corrected chi connectivity index (χ4v) is 2.37. The van der Waals surface area contributed by atoms with Gasteiger partial charge in [0.15, 0.2) is 0 Å². The van der Waals surface area contributed by atoms with E-state index in [-0.39, 0.29) is 12.0 Å². The highest BCUT2D eigenvalue weighted by molar-refractivity contribution is 6.30. The van der Waals surface area contributed by atoms with E-state index in [1.165, 1.54) is 0 Å². The van der Waals surface area contributed by atoms with Crippen molar-refractivity contribution in [1.29, 1.82) is 0 Å². The Morgan fingerprint density at radius 2 is 1.94 bits per heavy atom. The molecule has 1 aromatic carbocycles. The number of nitrogens with zero attached hydrogens (tertiary/aromatic N) is 1. The molecule has 0 heterocycles. The Morgan fingerprint density at radius 3 is 2.39 bits per heavy atom. The third kappa shape index (κ3) is 3.47. The van der Waals surface area contributed by atoms with Gasteiger partial charge in [-0.1, -0.05) is 37.6 Å². The standard InChI is InChI=1S/C14H20ClNO2/c1-9(2)13(14(17)18)16(4)10(3)11-6-5-7-12(15)8-11/h5-10,13H,1-4H3,(H,17,18). The number of hydrogen-bond donors (Lipinski definition) is 1. The molecule has 0 spiro atoms. The monoisotopic (exact) mass is 269 g/mol. The molecule has 0 amide bonds. The summed E-state index contributed by atoms with van der Waals surface area (Å²) in [6, 6.07) is 7.04. The van der Waals surface area contributed by atoms with E-state index >= 15 is 0 Å². The maximum Gasteiger partial charge on any atom is 0.321 e. The van der Waals surface area contributed by atoms with Gasteiger partial charge in [0, 0.05) is 11.1 Å². The number of carboxylic acid groups (broad SMARTS) is 1. The first kappa shape index (κ1) is 15.0. The van der Waals surface area contributed by atoms with Crippen LogP contribution in [0.3, 0.4) is 0 Å². The van der Waals surface area contributed by atoms with Crippen LogP contribution in [0.25, 0.3) is 0 Å². The van der Waals surface area contributed by atoms with Crippen molar-refractivity contribution in [1.82, 2.24) is 4.90 Å². The van der Waals surface area contributed by atoms with Crippen LogP contribution < -0.4 is 0 Å². The van der Waals surface area contributed by atoms with Gasteiger partial charge in [0.2, 0.25) is 0 Å². The predicted octanol–water partition coefficient (Wildman–Crippen LogP) is 3.44. The van der Waals surface area contributed by atoms with Crippen LogP contribution in [0.2, 0.25) is 5.02 Å². The molecule has 1 N–H and O–H groups in total. The van der Waals surface area contributed by atoms with E-state index in [4.69, 9.17) is 11.6 Å². The average molecular weight is 270 g/mol. The lowest BCUT2D eigenvalue weighted by Crippen LogP contribution is -2.43. The number of aliphatic carboxylic acids is 1. The SMILES string of the molecule is CC(C)C(C(=O)O)N(C)C(C)c1cccc(Cl)c1. The minimum absolute atomic E-state index is 0.00667. The van der Waals surface area contributed by atoms with Crippen molar-refractivity contribution < 1.29 is 9.90 Å². The largest absolute Gasteiger partial charge is 0.480 e.